The van der Waals surface area contributed by atoms with Crippen LogP contribution in [0.5, 0.6) is 0 Å². The van der Waals surface area contributed by atoms with E-state index in [1.807, 2.05) is 0 Å². The van der Waals surface area contributed by atoms with Crippen LogP contribution in [0, 0.1) is 11.7 Å². The Morgan fingerprint density at radius 3 is 2.47 bits per heavy atom. The number of amides is 2. The van der Waals surface area contributed by atoms with Crippen molar-refractivity contribution in [1.82, 2.24) is 5.32 Å². The van der Waals surface area contributed by atoms with Crippen molar-refractivity contribution in [3.8, 4) is 0 Å². The summed E-state index contributed by atoms with van der Waals surface area (Å²) in [7, 11) is 0. The van der Waals surface area contributed by atoms with Crippen LogP contribution >= 0.6 is 0 Å². The summed E-state index contributed by atoms with van der Waals surface area (Å²) in [6, 6.07) is 3.45. The Kier molecular flexibility index (Phi) is 3.80. The van der Waals surface area contributed by atoms with E-state index in [9.17, 15) is 14.0 Å². The normalized spacial score (nSPS) is 21.6. The van der Waals surface area contributed by atoms with E-state index in [0.717, 1.165) is 25.0 Å². The average molecular weight is 265 g/mol. The van der Waals surface area contributed by atoms with Crippen molar-refractivity contribution in [3.05, 3.63) is 35.1 Å². The number of carbonyl (C=O) groups is 2. The van der Waals surface area contributed by atoms with Gasteiger partial charge in [-0.05, 0) is 43.5 Å². The zero-order valence-electron chi connectivity index (χ0n) is 10.4. The summed E-state index contributed by atoms with van der Waals surface area (Å²) in [5, 5.41) is 2.78. The van der Waals surface area contributed by atoms with Gasteiger partial charge >= 0.3 is 0 Å². The summed E-state index contributed by atoms with van der Waals surface area (Å²) >= 11 is 0. The summed E-state index contributed by atoms with van der Waals surface area (Å²) in [5.74, 6) is -1.38. The molecule has 0 bridgehead atoms. The van der Waals surface area contributed by atoms with Gasteiger partial charge in [-0.25, -0.2) is 4.39 Å². The van der Waals surface area contributed by atoms with Crippen LogP contribution in [0.15, 0.2) is 18.2 Å². The lowest BCUT2D eigenvalue weighted by molar-refractivity contribution is 0.0892. The largest absolute Gasteiger partial charge is 0.366 e. The van der Waals surface area contributed by atoms with E-state index in [-0.39, 0.29) is 17.2 Å². The monoisotopic (exact) mass is 265 g/mol. The first-order chi connectivity index (χ1) is 8.99. The van der Waals surface area contributed by atoms with Crippen molar-refractivity contribution in [3.63, 3.8) is 0 Å². The Morgan fingerprint density at radius 1 is 1.26 bits per heavy atom. The predicted octanol–water partition coefficient (Wildman–Crippen LogP) is 0.392. The van der Waals surface area contributed by atoms with Crippen molar-refractivity contribution in [2.45, 2.75) is 18.9 Å². The maximum Gasteiger partial charge on any atom is 0.251 e. The van der Waals surface area contributed by atoms with E-state index in [1.54, 1.807) is 0 Å². The Morgan fingerprint density at radius 2 is 1.89 bits per heavy atom. The molecule has 0 aliphatic heterocycles. The van der Waals surface area contributed by atoms with Gasteiger partial charge < -0.3 is 16.8 Å². The highest BCUT2D eigenvalue weighted by Crippen LogP contribution is 2.26. The zero-order chi connectivity index (χ0) is 14.0. The Labute approximate surface area is 110 Å². The van der Waals surface area contributed by atoms with Gasteiger partial charge in [0.2, 0.25) is 5.91 Å². The summed E-state index contributed by atoms with van der Waals surface area (Å²) in [6.45, 7) is 0.609. The molecule has 0 aromatic heterocycles. The van der Waals surface area contributed by atoms with E-state index >= 15 is 0 Å². The van der Waals surface area contributed by atoms with Crippen molar-refractivity contribution < 1.29 is 14.0 Å². The fourth-order valence-electron chi connectivity index (χ4n) is 2.18. The van der Waals surface area contributed by atoms with Crippen LogP contribution in [-0.4, -0.2) is 24.4 Å². The number of carbonyl (C=O) groups excluding carboxylic acids is 2. The maximum absolute atomic E-state index is 13.3. The molecule has 2 rings (SSSR count). The SMILES string of the molecule is NCC1CC(NC(=O)c2cc(F)cc(C(N)=O)c2)C1. The van der Waals surface area contributed by atoms with E-state index in [1.165, 1.54) is 6.07 Å². The van der Waals surface area contributed by atoms with E-state index in [2.05, 4.69) is 5.32 Å². The van der Waals surface area contributed by atoms with Gasteiger partial charge in [-0.3, -0.25) is 9.59 Å². The molecule has 102 valence electrons. The van der Waals surface area contributed by atoms with Crippen LogP contribution < -0.4 is 16.8 Å². The molecule has 0 spiro atoms. The third-order valence-electron chi connectivity index (χ3n) is 3.35. The number of nitrogens with one attached hydrogen (secondary N) is 1. The van der Waals surface area contributed by atoms with Gasteiger partial charge in [0.15, 0.2) is 0 Å². The highest BCUT2D eigenvalue weighted by Gasteiger charge is 2.29. The second kappa shape index (κ2) is 5.36. The third kappa shape index (κ3) is 3.08. The fraction of sp³-hybridized carbons (Fsp3) is 0.385. The molecule has 1 aromatic carbocycles. The minimum absolute atomic E-state index is 0.0152. The number of hydrogen-bond acceptors (Lipinski definition) is 3. The van der Waals surface area contributed by atoms with Crippen molar-refractivity contribution in [2.75, 3.05) is 6.54 Å². The van der Waals surface area contributed by atoms with Crippen LogP contribution in [0.25, 0.3) is 0 Å². The summed E-state index contributed by atoms with van der Waals surface area (Å²) in [5.41, 5.74) is 10.7. The molecule has 0 atom stereocenters. The minimum atomic E-state index is -0.764. The lowest BCUT2D eigenvalue weighted by atomic mass is 9.80. The average Bonchev–Trinajstić information content (AvgIpc) is 2.32. The smallest absolute Gasteiger partial charge is 0.251 e. The Hall–Kier alpha value is -1.95. The minimum Gasteiger partial charge on any atom is -0.366 e. The molecule has 1 aliphatic carbocycles. The molecule has 2 amide bonds. The number of benzene rings is 1. The van der Waals surface area contributed by atoms with Gasteiger partial charge in [-0.15, -0.1) is 0 Å². The molecule has 0 radical (unpaired) electrons. The van der Waals surface area contributed by atoms with Crippen LogP contribution in [0.3, 0.4) is 0 Å². The molecule has 5 nitrogen and oxygen atoms in total. The summed E-state index contributed by atoms with van der Waals surface area (Å²) in [6.07, 6.45) is 1.67. The Balaban J connectivity index is 2.05. The van der Waals surface area contributed by atoms with Crippen LogP contribution in [0.1, 0.15) is 33.6 Å². The van der Waals surface area contributed by atoms with Gasteiger partial charge in [0.05, 0.1) is 0 Å². The standard InChI is InChI=1S/C13H16FN3O2/c14-10-4-8(12(16)18)3-9(5-10)13(19)17-11-1-7(2-11)6-15/h3-5,7,11H,1-2,6,15H2,(H2,16,18)(H,17,19). The molecule has 0 heterocycles. The molecule has 6 heteroatoms. The third-order valence-corrected chi connectivity index (χ3v) is 3.35. The van der Waals surface area contributed by atoms with Crippen molar-refractivity contribution in [1.29, 1.82) is 0 Å². The zero-order valence-corrected chi connectivity index (χ0v) is 10.4. The van der Waals surface area contributed by atoms with Crippen molar-refractivity contribution in [2.24, 2.45) is 17.4 Å². The van der Waals surface area contributed by atoms with Crippen LogP contribution in [-0.2, 0) is 0 Å². The predicted molar refractivity (Wildman–Crippen MR) is 68.0 cm³/mol. The number of halogens is 1. The Bertz CT molecular complexity index is 513. The van der Waals surface area contributed by atoms with Gasteiger partial charge in [0.1, 0.15) is 5.82 Å². The van der Waals surface area contributed by atoms with Gasteiger partial charge in [-0.1, -0.05) is 0 Å². The number of rotatable bonds is 4. The molecule has 0 unspecified atom stereocenters. The van der Waals surface area contributed by atoms with E-state index in [4.69, 9.17) is 11.5 Å². The molecular weight excluding hydrogens is 249 g/mol. The number of nitrogens with two attached hydrogens (primary N) is 2. The fourth-order valence-corrected chi connectivity index (χ4v) is 2.18. The van der Waals surface area contributed by atoms with Gasteiger partial charge in [-0.2, -0.15) is 0 Å². The van der Waals surface area contributed by atoms with Crippen molar-refractivity contribution >= 4 is 11.8 Å². The molecular formula is C13H16FN3O2. The molecule has 1 aliphatic rings. The van der Waals surface area contributed by atoms with Crippen LogP contribution in [0.4, 0.5) is 4.39 Å². The lowest BCUT2D eigenvalue weighted by Gasteiger charge is -2.35. The number of primary amides is 1. The van der Waals surface area contributed by atoms with Gasteiger partial charge in [0, 0.05) is 17.2 Å². The second-order valence-corrected chi connectivity index (χ2v) is 4.84. The summed E-state index contributed by atoms with van der Waals surface area (Å²) < 4.78 is 13.3. The van der Waals surface area contributed by atoms with Gasteiger partial charge in [0.25, 0.3) is 5.91 Å². The highest BCUT2D eigenvalue weighted by molar-refractivity contribution is 5.99. The summed E-state index contributed by atoms with van der Waals surface area (Å²) in [4.78, 5) is 22.9. The molecule has 5 N–H and O–H groups in total. The molecule has 19 heavy (non-hydrogen) atoms. The topological polar surface area (TPSA) is 98.2 Å². The van der Waals surface area contributed by atoms with Crippen LogP contribution in [0.2, 0.25) is 0 Å². The highest BCUT2D eigenvalue weighted by atomic mass is 19.1. The molecule has 1 saturated carbocycles. The molecule has 1 fully saturated rings. The first-order valence-electron chi connectivity index (χ1n) is 6.11. The quantitative estimate of drug-likeness (QED) is 0.734. The first-order valence-corrected chi connectivity index (χ1v) is 6.11. The number of hydrogen-bond donors (Lipinski definition) is 3. The molecule has 0 saturated heterocycles. The molecule has 1 aromatic rings. The maximum atomic E-state index is 13.3. The lowest BCUT2D eigenvalue weighted by Crippen LogP contribution is -2.46. The van der Waals surface area contributed by atoms with E-state index < -0.39 is 17.6 Å². The first kappa shape index (κ1) is 13.5. The van der Waals surface area contributed by atoms with E-state index in [0.29, 0.717) is 12.5 Å². The second-order valence-electron chi connectivity index (χ2n) is 4.84.